The second-order valence-electron chi connectivity index (χ2n) is 10.5. The fraction of sp³-hybridized carbons (Fsp3) is 0.462. The van der Waals surface area contributed by atoms with Gasteiger partial charge >= 0.3 is 0 Å². The largest absolute Gasteiger partial charge is 0.505 e. The summed E-state index contributed by atoms with van der Waals surface area (Å²) in [7, 11) is 6.46. The summed E-state index contributed by atoms with van der Waals surface area (Å²) in [6, 6.07) is 0.326. The average molecular weight is 527 g/mol. The second kappa shape index (κ2) is 9.14. The normalized spacial score (nSPS) is 30.3. The molecule has 12 nitrogen and oxygen atoms in total. The molecule has 6 atom stereocenters. The molecule has 0 saturated heterocycles. The minimum absolute atomic E-state index is 0.0491. The smallest absolute Gasteiger partial charge is 0.247 e. The van der Waals surface area contributed by atoms with Crippen molar-refractivity contribution in [2.45, 2.75) is 24.5 Å². The summed E-state index contributed by atoms with van der Waals surface area (Å²) in [6.07, 6.45) is 1.05. The van der Waals surface area contributed by atoms with Gasteiger partial charge in [0.15, 0.2) is 34.7 Å². The number of phenols is 1. The van der Waals surface area contributed by atoms with Gasteiger partial charge in [0, 0.05) is 25.7 Å². The van der Waals surface area contributed by atoms with Crippen LogP contribution in [0.25, 0.3) is 0 Å². The quantitative estimate of drug-likeness (QED) is 0.212. The Kier molecular flexibility index (Phi) is 6.53. The molecule has 12 heteroatoms. The number of ketones is 4. The molecular formula is C26H30N4O8. The van der Waals surface area contributed by atoms with E-state index in [9.17, 15) is 39.0 Å². The second-order valence-corrected chi connectivity index (χ2v) is 10.5. The first kappa shape index (κ1) is 27.1. The number of carbonyl (C=O) groups is 6. The zero-order valence-corrected chi connectivity index (χ0v) is 21.5. The molecule has 0 aromatic heterocycles. The number of primary amides is 1. The van der Waals surface area contributed by atoms with E-state index in [0.717, 1.165) is 6.08 Å². The van der Waals surface area contributed by atoms with Crippen molar-refractivity contribution in [3.63, 3.8) is 0 Å². The van der Waals surface area contributed by atoms with Crippen LogP contribution in [0.5, 0.6) is 5.75 Å². The number of carbonyl (C=O) groups excluding carboxylic acids is 6. The van der Waals surface area contributed by atoms with Crippen LogP contribution in [0.2, 0.25) is 0 Å². The molecule has 38 heavy (non-hydrogen) atoms. The standard InChI is InChI=1S/C26H30N4O8/c1-6-15(31)28-13-9-14(29(2)3)11-7-10-8-12-19(30(4)5)22(34)18(25(27)37)24(36)26(12,38)23(35)16(10)21(33)17(11)20(13)32/h6,9-10,12,16,18-19,32,38H,1,7-8H2,2-5H3,(H2,27,37)(H,28,31)/t10?,12?,16?,18?,19-,26-/m0/s1. The number of aromatic hydroxyl groups is 1. The Morgan fingerprint density at radius 1 is 1.16 bits per heavy atom. The third kappa shape index (κ3) is 3.66. The third-order valence-electron chi connectivity index (χ3n) is 7.96. The van der Waals surface area contributed by atoms with Crippen LogP contribution in [0, 0.1) is 23.7 Å². The van der Waals surface area contributed by atoms with Crippen molar-refractivity contribution in [3.05, 3.63) is 29.8 Å². The van der Waals surface area contributed by atoms with Gasteiger partial charge in [-0.05, 0) is 50.6 Å². The van der Waals surface area contributed by atoms with Gasteiger partial charge in [-0.25, -0.2) is 0 Å². The van der Waals surface area contributed by atoms with Crippen LogP contribution in [0.4, 0.5) is 11.4 Å². The Bertz CT molecular complexity index is 1320. The molecule has 0 bridgehead atoms. The maximum atomic E-state index is 13.9. The van der Waals surface area contributed by atoms with Gasteiger partial charge in [0.25, 0.3) is 0 Å². The molecule has 0 radical (unpaired) electrons. The highest BCUT2D eigenvalue weighted by Crippen LogP contribution is 2.52. The third-order valence-corrected chi connectivity index (χ3v) is 7.96. The number of nitrogens with two attached hydrogens (primary N) is 1. The predicted octanol–water partition coefficient (Wildman–Crippen LogP) is -0.942. The van der Waals surface area contributed by atoms with Crippen LogP contribution in [-0.2, 0) is 30.4 Å². The molecule has 5 N–H and O–H groups in total. The number of fused-ring (bicyclic) bond motifs is 3. The number of phenolic OH excluding ortho intramolecular Hbond substituents is 1. The van der Waals surface area contributed by atoms with E-state index in [4.69, 9.17) is 5.73 Å². The van der Waals surface area contributed by atoms with Crippen molar-refractivity contribution in [3.8, 4) is 5.75 Å². The molecule has 0 spiro atoms. The number of hydrogen-bond donors (Lipinski definition) is 4. The molecule has 0 aliphatic heterocycles. The highest BCUT2D eigenvalue weighted by Gasteiger charge is 2.69. The molecule has 2 fully saturated rings. The van der Waals surface area contributed by atoms with Crippen LogP contribution < -0.4 is 16.0 Å². The number of benzene rings is 1. The van der Waals surface area contributed by atoms with E-state index in [1.54, 1.807) is 19.0 Å². The lowest BCUT2D eigenvalue weighted by molar-refractivity contribution is -0.181. The molecule has 3 aliphatic carbocycles. The monoisotopic (exact) mass is 526 g/mol. The van der Waals surface area contributed by atoms with Crippen LogP contribution in [0.15, 0.2) is 18.7 Å². The number of Topliss-reactive ketones (excluding diaryl/α,β-unsaturated/α-hetero) is 4. The van der Waals surface area contributed by atoms with Crippen molar-refractivity contribution in [2.75, 3.05) is 38.4 Å². The molecule has 3 aliphatic rings. The maximum Gasteiger partial charge on any atom is 0.247 e. The zero-order chi connectivity index (χ0) is 28.4. The Balaban J connectivity index is 1.90. The SMILES string of the molecule is C=CC(=O)Nc1cc(N(C)C)c2c(c1O)C(=O)C1C(=O)[C@]3(O)C(=O)C(C(N)=O)C(=O)[C@@H](N(C)C)C3CC1C2. The van der Waals surface area contributed by atoms with E-state index in [2.05, 4.69) is 11.9 Å². The van der Waals surface area contributed by atoms with Crippen molar-refractivity contribution in [2.24, 2.45) is 29.4 Å². The van der Waals surface area contributed by atoms with Crippen LogP contribution in [0.1, 0.15) is 22.3 Å². The molecule has 4 unspecified atom stereocenters. The number of hydrogen-bond acceptors (Lipinski definition) is 10. The van der Waals surface area contributed by atoms with E-state index in [0.29, 0.717) is 11.3 Å². The zero-order valence-electron chi connectivity index (χ0n) is 21.5. The molecular weight excluding hydrogens is 496 g/mol. The fourth-order valence-electron chi connectivity index (χ4n) is 6.33. The summed E-state index contributed by atoms with van der Waals surface area (Å²) in [5.74, 6) is -12.0. The number of anilines is 2. The van der Waals surface area contributed by atoms with Crippen molar-refractivity contribution in [1.82, 2.24) is 4.90 Å². The summed E-state index contributed by atoms with van der Waals surface area (Å²) in [6.45, 7) is 3.37. The molecule has 4 rings (SSSR count). The van der Waals surface area contributed by atoms with E-state index < -0.39 is 76.0 Å². The number of nitrogens with zero attached hydrogens (tertiary/aromatic N) is 2. The fourth-order valence-corrected chi connectivity index (χ4v) is 6.33. The molecule has 2 saturated carbocycles. The van der Waals surface area contributed by atoms with E-state index in [1.165, 1.54) is 25.1 Å². The lowest BCUT2D eigenvalue weighted by atomic mass is 9.52. The summed E-state index contributed by atoms with van der Waals surface area (Å²) in [5, 5.41) is 25.1. The van der Waals surface area contributed by atoms with E-state index in [-0.39, 0.29) is 24.1 Å². The van der Waals surface area contributed by atoms with Crippen molar-refractivity contribution < 1.29 is 39.0 Å². The van der Waals surface area contributed by atoms with Gasteiger partial charge in [-0.1, -0.05) is 6.58 Å². The maximum absolute atomic E-state index is 13.9. The van der Waals surface area contributed by atoms with Gasteiger partial charge in [-0.3, -0.25) is 33.7 Å². The first-order valence-electron chi connectivity index (χ1n) is 12.0. The van der Waals surface area contributed by atoms with Gasteiger partial charge in [0.1, 0.15) is 5.75 Å². The molecule has 0 heterocycles. The highest BCUT2D eigenvalue weighted by molar-refractivity contribution is 6.32. The highest BCUT2D eigenvalue weighted by atomic mass is 16.3. The van der Waals surface area contributed by atoms with Crippen molar-refractivity contribution >= 4 is 46.3 Å². The van der Waals surface area contributed by atoms with Gasteiger partial charge in [0.2, 0.25) is 11.8 Å². The Hall–Kier alpha value is -3.90. The van der Waals surface area contributed by atoms with Crippen LogP contribution in [0.3, 0.4) is 0 Å². The minimum Gasteiger partial charge on any atom is -0.505 e. The van der Waals surface area contributed by atoms with Crippen molar-refractivity contribution in [1.29, 1.82) is 0 Å². The topological polar surface area (TPSA) is 187 Å². The summed E-state index contributed by atoms with van der Waals surface area (Å²) in [5.41, 5.74) is 3.17. The van der Waals surface area contributed by atoms with Crippen LogP contribution in [-0.4, -0.2) is 89.9 Å². The lowest BCUT2D eigenvalue weighted by Crippen LogP contribution is -2.74. The summed E-state index contributed by atoms with van der Waals surface area (Å²) >= 11 is 0. The van der Waals surface area contributed by atoms with Gasteiger partial charge in [-0.15, -0.1) is 0 Å². The number of likely N-dealkylation sites (N-methyl/N-ethyl adjacent to an activating group) is 1. The number of nitrogens with one attached hydrogen (secondary N) is 1. The average Bonchev–Trinajstić information content (AvgIpc) is 2.82. The van der Waals surface area contributed by atoms with Gasteiger partial charge in [-0.2, -0.15) is 0 Å². The summed E-state index contributed by atoms with van der Waals surface area (Å²) in [4.78, 5) is 81.3. The number of amides is 2. The number of aliphatic hydroxyl groups is 1. The van der Waals surface area contributed by atoms with Gasteiger partial charge < -0.3 is 26.2 Å². The first-order valence-corrected chi connectivity index (χ1v) is 12.0. The lowest BCUT2D eigenvalue weighted by Gasteiger charge is -2.52. The Morgan fingerprint density at radius 2 is 1.79 bits per heavy atom. The Labute approximate surface area is 218 Å². The number of rotatable bonds is 5. The Morgan fingerprint density at radius 3 is 2.32 bits per heavy atom. The van der Waals surface area contributed by atoms with Gasteiger partial charge in [0.05, 0.1) is 23.2 Å². The molecule has 1 aromatic carbocycles. The predicted molar refractivity (Wildman–Crippen MR) is 135 cm³/mol. The first-order chi connectivity index (χ1) is 17.7. The minimum atomic E-state index is -2.80. The van der Waals surface area contributed by atoms with E-state index in [1.807, 2.05) is 0 Å². The molecule has 1 aromatic rings. The van der Waals surface area contributed by atoms with Crippen LogP contribution >= 0.6 is 0 Å². The summed E-state index contributed by atoms with van der Waals surface area (Å²) < 4.78 is 0. The molecule has 2 amide bonds. The van der Waals surface area contributed by atoms with E-state index >= 15 is 0 Å². The molecule has 202 valence electrons.